The van der Waals surface area contributed by atoms with E-state index >= 15 is 0 Å². The summed E-state index contributed by atoms with van der Waals surface area (Å²) in [7, 11) is 0. The van der Waals surface area contributed by atoms with Gasteiger partial charge in [0.2, 0.25) is 5.91 Å². The summed E-state index contributed by atoms with van der Waals surface area (Å²) in [5.41, 5.74) is -0.193. The van der Waals surface area contributed by atoms with Crippen LogP contribution in [0.25, 0.3) is 0 Å². The molecule has 0 aromatic heterocycles. The molecule has 6 nitrogen and oxygen atoms in total. The lowest BCUT2D eigenvalue weighted by atomic mass is 10.00. The topological polar surface area (TPSA) is 78.5 Å². The third kappa shape index (κ3) is 4.17. The van der Waals surface area contributed by atoms with E-state index in [1.165, 1.54) is 17.0 Å². The van der Waals surface area contributed by atoms with Gasteiger partial charge >= 0.3 is 5.92 Å². The molecule has 2 atom stereocenters. The van der Waals surface area contributed by atoms with Gasteiger partial charge in [-0.2, -0.15) is 8.78 Å². The van der Waals surface area contributed by atoms with Crippen LogP contribution in [0.3, 0.4) is 0 Å². The van der Waals surface area contributed by atoms with E-state index in [1.807, 2.05) is 12.2 Å². The molecule has 0 bridgehead atoms. The molecular weight excluding hydrogens is 442 g/mol. The van der Waals surface area contributed by atoms with E-state index in [9.17, 15) is 31.9 Å². The van der Waals surface area contributed by atoms with Crippen molar-refractivity contribution in [2.45, 2.75) is 50.9 Å². The van der Waals surface area contributed by atoms with Crippen molar-refractivity contribution in [3.63, 3.8) is 0 Å². The van der Waals surface area contributed by atoms with Crippen LogP contribution in [0.15, 0.2) is 36.4 Å². The van der Waals surface area contributed by atoms with Crippen molar-refractivity contribution >= 4 is 17.7 Å². The zero-order valence-electron chi connectivity index (χ0n) is 17.6. The lowest BCUT2D eigenvalue weighted by Crippen LogP contribution is -2.53. The Hall–Kier alpha value is -3.43. The van der Waals surface area contributed by atoms with E-state index in [4.69, 9.17) is 0 Å². The molecule has 0 aliphatic carbocycles. The van der Waals surface area contributed by atoms with Gasteiger partial charge in [0, 0.05) is 24.7 Å². The van der Waals surface area contributed by atoms with Crippen molar-refractivity contribution < 1.29 is 31.9 Å². The Morgan fingerprint density at radius 1 is 1.15 bits per heavy atom. The van der Waals surface area contributed by atoms with Crippen molar-refractivity contribution in [3.8, 4) is 0 Å². The van der Waals surface area contributed by atoms with Gasteiger partial charge in [0.05, 0.1) is 0 Å². The summed E-state index contributed by atoms with van der Waals surface area (Å²) in [6, 6.07) is 6.26. The average molecular weight is 463 g/mol. The van der Waals surface area contributed by atoms with Gasteiger partial charge in [-0.05, 0) is 49.1 Å². The van der Waals surface area contributed by atoms with Crippen molar-refractivity contribution in [1.29, 1.82) is 0 Å². The van der Waals surface area contributed by atoms with Crippen LogP contribution in [0.4, 0.5) is 17.6 Å². The van der Waals surface area contributed by atoms with E-state index < -0.39 is 35.1 Å². The van der Waals surface area contributed by atoms with E-state index in [-0.39, 0.29) is 30.9 Å². The maximum Gasteiger partial charge on any atom is 0.355 e. The first kappa shape index (κ1) is 22.8. The number of piperidine rings is 1. The second kappa shape index (κ2) is 8.49. The highest BCUT2D eigenvalue weighted by Crippen LogP contribution is 2.33. The number of fused-ring (bicyclic) bond motifs is 1. The van der Waals surface area contributed by atoms with Crippen LogP contribution in [0.5, 0.6) is 0 Å². The molecule has 0 spiro atoms. The molecule has 4 rings (SSSR count). The summed E-state index contributed by atoms with van der Waals surface area (Å²) in [4.78, 5) is 38.6. The highest BCUT2D eigenvalue weighted by Gasteiger charge is 2.45. The second-order valence-corrected chi connectivity index (χ2v) is 8.28. The summed E-state index contributed by atoms with van der Waals surface area (Å²) >= 11 is 0. The van der Waals surface area contributed by atoms with Crippen LogP contribution in [0.2, 0.25) is 0 Å². The van der Waals surface area contributed by atoms with Gasteiger partial charge in [0.25, 0.3) is 11.8 Å². The van der Waals surface area contributed by atoms with Gasteiger partial charge in [-0.25, -0.2) is 8.78 Å². The predicted molar refractivity (Wildman–Crippen MR) is 109 cm³/mol. The van der Waals surface area contributed by atoms with Crippen LogP contribution in [-0.2, 0) is 28.6 Å². The fourth-order valence-corrected chi connectivity index (χ4v) is 4.21. The molecule has 2 heterocycles. The van der Waals surface area contributed by atoms with Crippen LogP contribution in [0, 0.1) is 11.6 Å². The lowest BCUT2D eigenvalue weighted by Gasteiger charge is -2.33. The number of carbonyl (C=O) groups is 3. The van der Waals surface area contributed by atoms with Crippen molar-refractivity contribution in [1.82, 2.24) is 15.5 Å². The van der Waals surface area contributed by atoms with E-state index in [0.717, 1.165) is 12.5 Å². The minimum atomic E-state index is -4.41. The largest absolute Gasteiger partial charge is 0.355 e. The fourth-order valence-electron chi connectivity index (χ4n) is 4.21. The molecule has 1 fully saturated rings. The molecule has 0 saturated carbocycles. The number of amides is 3. The number of benzene rings is 2. The average Bonchev–Trinajstić information content (AvgIpc) is 3.07. The number of nitrogens with one attached hydrogen (secondary N) is 2. The molecule has 10 heteroatoms. The Bertz CT molecular complexity index is 1120. The second-order valence-electron chi connectivity index (χ2n) is 8.28. The molecule has 33 heavy (non-hydrogen) atoms. The number of nitrogens with zero attached hydrogens (tertiary/aromatic N) is 1. The van der Waals surface area contributed by atoms with E-state index in [1.54, 1.807) is 6.07 Å². The zero-order valence-corrected chi connectivity index (χ0v) is 17.6. The predicted octanol–water partition coefficient (Wildman–Crippen LogP) is 3.00. The normalized spacial score (nSPS) is 20.5. The zero-order chi connectivity index (χ0) is 23.9. The minimum absolute atomic E-state index is 0.0417. The number of carbonyl (C=O) groups excluding carboxylic acids is 3. The van der Waals surface area contributed by atoms with E-state index in [0.29, 0.717) is 35.2 Å². The van der Waals surface area contributed by atoms with E-state index in [2.05, 4.69) is 5.32 Å². The molecule has 2 aliphatic heterocycles. The van der Waals surface area contributed by atoms with Crippen LogP contribution >= 0.6 is 0 Å². The molecule has 0 radical (unpaired) electrons. The van der Waals surface area contributed by atoms with Gasteiger partial charge in [-0.15, -0.1) is 0 Å². The first-order chi connectivity index (χ1) is 15.6. The number of halogens is 4. The molecule has 2 aromatic carbocycles. The summed E-state index contributed by atoms with van der Waals surface area (Å²) in [5, 5.41) is 4.82. The van der Waals surface area contributed by atoms with Gasteiger partial charge in [0.1, 0.15) is 23.2 Å². The van der Waals surface area contributed by atoms with Crippen LogP contribution in [0.1, 0.15) is 46.8 Å². The molecule has 174 valence electrons. The number of alkyl halides is 2. The lowest BCUT2D eigenvalue weighted by molar-refractivity contribution is -0.148. The first-order valence-electron chi connectivity index (χ1n) is 10.4. The quantitative estimate of drug-likeness (QED) is 0.670. The Kier molecular flexibility index (Phi) is 5.85. The summed E-state index contributed by atoms with van der Waals surface area (Å²) in [6.45, 7) is 1.73. The molecule has 3 amide bonds. The standard InChI is InChI=1S/C23H21F4N3O3/c1-12-5-8-18(20(31)29-12)30-11-14-9-13(6-7-15(14)21(30)32)10-28-22(33)23(26,27)19-16(24)3-2-4-17(19)25/h2-4,6-7,9,12,18H,5,8,10-11H2,1H3,(H,28,33)(H,29,31). The molecule has 2 N–H and O–H groups in total. The highest BCUT2D eigenvalue weighted by molar-refractivity contribution is 6.01. The molecule has 2 unspecified atom stereocenters. The van der Waals surface area contributed by atoms with Crippen LogP contribution in [-0.4, -0.2) is 34.7 Å². The molecule has 2 aromatic rings. The maximum absolute atomic E-state index is 14.4. The fraction of sp³-hybridized carbons (Fsp3) is 0.348. The molecular formula is C23H21F4N3O3. The number of rotatable bonds is 5. The Morgan fingerprint density at radius 2 is 1.85 bits per heavy atom. The third-order valence-electron chi connectivity index (χ3n) is 5.96. The number of hydrogen-bond acceptors (Lipinski definition) is 3. The van der Waals surface area contributed by atoms with Gasteiger partial charge in [-0.3, -0.25) is 14.4 Å². The summed E-state index contributed by atoms with van der Waals surface area (Å²) in [5.74, 6) is -9.82. The number of hydrogen-bond donors (Lipinski definition) is 2. The summed E-state index contributed by atoms with van der Waals surface area (Å²) in [6.07, 6.45) is 1.28. The van der Waals surface area contributed by atoms with Crippen molar-refractivity contribution in [2.24, 2.45) is 0 Å². The minimum Gasteiger partial charge on any atom is -0.352 e. The maximum atomic E-state index is 14.4. The Balaban J connectivity index is 1.45. The molecule has 2 aliphatic rings. The Morgan fingerprint density at radius 3 is 2.52 bits per heavy atom. The SMILES string of the molecule is CC1CCC(N2Cc3cc(CNC(=O)C(F)(F)c4c(F)cccc4F)ccc3C2=O)C(=O)N1. The molecule has 1 saturated heterocycles. The third-order valence-corrected chi connectivity index (χ3v) is 5.96. The van der Waals surface area contributed by atoms with Crippen molar-refractivity contribution in [2.75, 3.05) is 0 Å². The van der Waals surface area contributed by atoms with Crippen LogP contribution < -0.4 is 10.6 Å². The Labute approximate surface area is 186 Å². The van der Waals surface area contributed by atoms with Gasteiger partial charge in [0.15, 0.2) is 0 Å². The van der Waals surface area contributed by atoms with Gasteiger partial charge in [-0.1, -0.05) is 18.2 Å². The highest BCUT2D eigenvalue weighted by atomic mass is 19.3. The van der Waals surface area contributed by atoms with Gasteiger partial charge < -0.3 is 15.5 Å². The monoisotopic (exact) mass is 463 g/mol. The first-order valence-corrected chi connectivity index (χ1v) is 10.4. The van der Waals surface area contributed by atoms with Crippen molar-refractivity contribution in [3.05, 3.63) is 70.3 Å². The smallest absolute Gasteiger partial charge is 0.352 e. The summed E-state index contributed by atoms with van der Waals surface area (Å²) < 4.78 is 56.2.